The fourth-order valence-electron chi connectivity index (χ4n) is 3.07. The van der Waals surface area contributed by atoms with Gasteiger partial charge in [-0.25, -0.2) is 22.6 Å². The van der Waals surface area contributed by atoms with E-state index in [1.807, 2.05) is 0 Å². The van der Waals surface area contributed by atoms with E-state index in [4.69, 9.17) is 0 Å². The van der Waals surface area contributed by atoms with E-state index in [1.165, 1.54) is 12.1 Å². The van der Waals surface area contributed by atoms with Crippen molar-refractivity contribution in [3.05, 3.63) is 71.8 Å². The van der Waals surface area contributed by atoms with E-state index in [2.05, 4.69) is 10.5 Å². The molecule has 0 bridgehead atoms. The molecule has 0 fully saturated rings. The van der Waals surface area contributed by atoms with Gasteiger partial charge in [0.2, 0.25) is 0 Å². The Morgan fingerprint density at radius 2 is 1.86 bits per heavy atom. The molecular weight excluding hydrogens is 388 g/mol. The molecule has 1 heterocycles. The number of benzene rings is 3. The number of rotatable bonds is 4. The molecule has 1 amide bonds. The van der Waals surface area contributed by atoms with Crippen LogP contribution in [0.4, 0.5) is 14.5 Å². The summed E-state index contributed by atoms with van der Waals surface area (Å²) in [4.78, 5) is 12.3. The highest BCUT2D eigenvalue weighted by Crippen LogP contribution is 2.41. The van der Waals surface area contributed by atoms with Gasteiger partial charge in [-0.2, -0.15) is 5.10 Å². The van der Waals surface area contributed by atoms with Crippen molar-refractivity contribution in [3.63, 3.8) is 0 Å². The average Bonchev–Trinajstić information content (AvgIpc) is 2.87. The lowest BCUT2D eigenvalue weighted by Gasteiger charge is -2.17. The fraction of sp³-hybridized carbons (Fsp3) is 0.0526. The third-order valence-electron chi connectivity index (χ3n) is 4.32. The number of hydrazone groups is 1. The largest absolute Gasteiger partial charge is 0.271 e. The molecule has 0 saturated heterocycles. The highest BCUT2D eigenvalue weighted by molar-refractivity contribution is 7.93. The Hall–Kier alpha value is -3.33. The summed E-state index contributed by atoms with van der Waals surface area (Å²) in [5, 5.41) is 4.93. The monoisotopic (exact) mass is 401 g/mol. The summed E-state index contributed by atoms with van der Waals surface area (Å²) in [6.07, 6.45) is 1.01. The molecule has 4 rings (SSSR count). The van der Waals surface area contributed by atoms with Crippen LogP contribution in [0, 0.1) is 11.6 Å². The molecule has 1 aliphatic heterocycles. The minimum atomic E-state index is -3.86. The molecule has 9 heteroatoms. The van der Waals surface area contributed by atoms with Crippen molar-refractivity contribution in [1.82, 2.24) is 5.43 Å². The molecule has 3 aromatic rings. The Balaban J connectivity index is 1.54. The van der Waals surface area contributed by atoms with Crippen LogP contribution in [0.15, 0.2) is 64.6 Å². The fourth-order valence-corrected chi connectivity index (χ4v) is 4.74. The van der Waals surface area contributed by atoms with Crippen LogP contribution in [-0.4, -0.2) is 27.1 Å². The highest BCUT2D eigenvalue weighted by Gasteiger charge is 2.36. The van der Waals surface area contributed by atoms with Crippen LogP contribution in [0.3, 0.4) is 0 Å². The Morgan fingerprint density at radius 3 is 2.61 bits per heavy atom. The molecule has 1 aliphatic rings. The van der Waals surface area contributed by atoms with Gasteiger partial charge in [-0.3, -0.25) is 9.10 Å². The zero-order valence-electron chi connectivity index (χ0n) is 14.3. The van der Waals surface area contributed by atoms with Gasteiger partial charge in [0.25, 0.3) is 15.9 Å². The quantitative estimate of drug-likeness (QED) is 0.539. The molecule has 0 aliphatic carbocycles. The summed E-state index contributed by atoms with van der Waals surface area (Å²) >= 11 is 0. The molecule has 28 heavy (non-hydrogen) atoms. The number of sulfonamides is 1. The first kappa shape index (κ1) is 18.1. The van der Waals surface area contributed by atoms with Gasteiger partial charge < -0.3 is 0 Å². The van der Waals surface area contributed by atoms with Crippen molar-refractivity contribution in [3.8, 4) is 0 Å². The molecule has 0 saturated carbocycles. The van der Waals surface area contributed by atoms with Crippen LogP contribution in [0.1, 0.15) is 5.56 Å². The minimum Gasteiger partial charge on any atom is -0.271 e. The van der Waals surface area contributed by atoms with Crippen LogP contribution in [0.5, 0.6) is 0 Å². The average molecular weight is 401 g/mol. The number of amides is 1. The van der Waals surface area contributed by atoms with Gasteiger partial charge in [0.05, 0.1) is 16.8 Å². The number of nitrogens with one attached hydrogen (secondary N) is 1. The molecule has 1 N–H and O–H groups in total. The Bertz CT molecular complexity index is 1240. The highest BCUT2D eigenvalue weighted by atomic mass is 32.2. The lowest BCUT2D eigenvalue weighted by atomic mass is 10.1. The number of carbonyl (C=O) groups is 1. The Morgan fingerprint density at radius 1 is 1.11 bits per heavy atom. The Kier molecular flexibility index (Phi) is 4.31. The first-order valence-corrected chi connectivity index (χ1v) is 9.63. The molecule has 0 aromatic heterocycles. The normalized spacial score (nSPS) is 14.7. The molecule has 0 spiro atoms. The molecular formula is C19H13F2N3O3S. The minimum absolute atomic E-state index is 0.0207. The van der Waals surface area contributed by atoms with Crippen LogP contribution in [0.2, 0.25) is 0 Å². The zero-order chi connectivity index (χ0) is 19.9. The van der Waals surface area contributed by atoms with E-state index in [0.717, 1.165) is 22.0 Å². The third kappa shape index (κ3) is 2.99. The van der Waals surface area contributed by atoms with Crippen molar-refractivity contribution in [2.45, 2.75) is 4.90 Å². The first-order chi connectivity index (χ1) is 13.4. The summed E-state index contributed by atoms with van der Waals surface area (Å²) in [5.74, 6) is -2.26. The standard InChI is InChI=1S/C19H13F2N3O3S/c20-14-8-7-13(15(21)9-14)10-22-23-18(25)11-24-16-5-1-3-12-4-2-6-17(19(12)16)28(24,26)27/h1-10H,11H2,(H,23,25)/b22-10-. The zero-order valence-corrected chi connectivity index (χ0v) is 15.1. The van der Waals surface area contributed by atoms with Gasteiger partial charge in [-0.15, -0.1) is 0 Å². The maximum atomic E-state index is 13.6. The van der Waals surface area contributed by atoms with Crippen LogP contribution >= 0.6 is 0 Å². The number of halogens is 2. The lowest BCUT2D eigenvalue weighted by molar-refractivity contribution is -0.119. The summed E-state index contributed by atoms with van der Waals surface area (Å²) in [6, 6.07) is 13.0. The maximum absolute atomic E-state index is 13.6. The number of anilines is 1. The summed E-state index contributed by atoms with van der Waals surface area (Å²) in [6.45, 7) is -0.487. The van der Waals surface area contributed by atoms with E-state index >= 15 is 0 Å². The smallest absolute Gasteiger partial charge is 0.265 e. The number of hydrogen-bond acceptors (Lipinski definition) is 4. The molecule has 142 valence electrons. The second kappa shape index (κ2) is 6.68. The van der Waals surface area contributed by atoms with Crippen LogP contribution in [-0.2, 0) is 14.8 Å². The summed E-state index contributed by atoms with van der Waals surface area (Å²) in [7, 11) is -3.86. The van der Waals surface area contributed by atoms with Crippen molar-refractivity contribution in [2.24, 2.45) is 5.10 Å². The predicted octanol–water partition coefficient (Wildman–Crippen LogP) is 2.78. The van der Waals surface area contributed by atoms with E-state index in [-0.39, 0.29) is 10.5 Å². The Labute approximate surface area is 159 Å². The van der Waals surface area contributed by atoms with Gasteiger partial charge >= 0.3 is 0 Å². The van der Waals surface area contributed by atoms with Crippen molar-refractivity contribution >= 4 is 38.6 Å². The number of carbonyl (C=O) groups excluding carboxylic acids is 1. The molecule has 0 unspecified atom stereocenters. The van der Waals surface area contributed by atoms with E-state index < -0.39 is 34.1 Å². The van der Waals surface area contributed by atoms with Gasteiger partial charge in [0.15, 0.2) is 0 Å². The maximum Gasteiger partial charge on any atom is 0.265 e. The van der Waals surface area contributed by atoms with Crippen LogP contribution < -0.4 is 9.73 Å². The van der Waals surface area contributed by atoms with Crippen molar-refractivity contribution in [1.29, 1.82) is 0 Å². The molecule has 6 nitrogen and oxygen atoms in total. The molecule has 0 atom stereocenters. The second-order valence-electron chi connectivity index (χ2n) is 6.10. The van der Waals surface area contributed by atoms with Gasteiger partial charge in [0, 0.05) is 17.0 Å². The predicted molar refractivity (Wildman–Crippen MR) is 101 cm³/mol. The number of hydrogen-bond donors (Lipinski definition) is 1. The molecule has 0 radical (unpaired) electrons. The number of nitrogens with zero attached hydrogens (tertiary/aromatic N) is 2. The van der Waals surface area contributed by atoms with E-state index in [9.17, 15) is 22.0 Å². The topological polar surface area (TPSA) is 78.8 Å². The lowest BCUT2D eigenvalue weighted by Crippen LogP contribution is -2.37. The van der Waals surface area contributed by atoms with Crippen molar-refractivity contribution < 1.29 is 22.0 Å². The van der Waals surface area contributed by atoms with E-state index in [0.29, 0.717) is 17.1 Å². The van der Waals surface area contributed by atoms with Gasteiger partial charge in [-0.05, 0) is 29.7 Å². The molecule has 3 aromatic carbocycles. The van der Waals surface area contributed by atoms with Gasteiger partial charge in [0.1, 0.15) is 18.2 Å². The SMILES string of the molecule is O=C(CN1c2cccc3cccc(c23)S1(=O)=O)N/N=C\c1ccc(F)cc1F. The first-order valence-electron chi connectivity index (χ1n) is 8.19. The van der Waals surface area contributed by atoms with Crippen LogP contribution in [0.25, 0.3) is 10.8 Å². The van der Waals surface area contributed by atoms with Crippen molar-refractivity contribution in [2.75, 3.05) is 10.8 Å². The summed E-state index contributed by atoms with van der Waals surface area (Å²) in [5.41, 5.74) is 2.55. The third-order valence-corrected chi connectivity index (χ3v) is 6.13. The van der Waals surface area contributed by atoms with Gasteiger partial charge in [-0.1, -0.05) is 24.3 Å². The summed E-state index contributed by atoms with van der Waals surface area (Å²) < 4.78 is 53.0. The second-order valence-corrected chi connectivity index (χ2v) is 7.93. The van der Waals surface area contributed by atoms with E-state index in [1.54, 1.807) is 30.3 Å².